The molecular formula is C35H68NO6+. The molecule has 3 N–H and O–H groups in total. The van der Waals surface area contributed by atoms with Crippen molar-refractivity contribution in [3.8, 4) is 0 Å². The van der Waals surface area contributed by atoms with E-state index in [0.29, 0.717) is 6.42 Å². The average molecular weight is 599 g/mol. The van der Waals surface area contributed by atoms with E-state index >= 15 is 0 Å². The van der Waals surface area contributed by atoms with Crippen LogP contribution in [0.1, 0.15) is 182 Å². The molecule has 0 bridgehead atoms. The minimum absolute atomic E-state index is 0.197. The second-order valence-electron chi connectivity index (χ2n) is 12.6. The monoisotopic (exact) mass is 599 g/mol. The van der Waals surface area contributed by atoms with Gasteiger partial charge >= 0.3 is 17.9 Å². The zero-order valence-electron chi connectivity index (χ0n) is 27.9. The van der Waals surface area contributed by atoms with Crippen LogP contribution in [0.3, 0.4) is 0 Å². The van der Waals surface area contributed by atoms with Gasteiger partial charge in [0.2, 0.25) is 0 Å². The van der Waals surface area contributed by atoms with E-state index in [2.05, 4.69) is 6.92 Å². The summed E-state index contributed by atoms with van der Waals surface area (Å²) in [5, 5.41) is 30.1. The first kappa shape index (κ1) is 40.4. The lowest BCUT2D eigenvalue weighted by Crippen LogP contribution is -2.72. The van der Waals surface area contributed by atoms with Gasteiger partial charge in [-0.1, -0.05) is 150 Å². The Morgan fingerprint density at radius 2 is 0.619 bits per heavy atom. The van der Waals surface area contributed by atoms with E-state index in [1.54, 1.807) is 20.8 Å². The Morgan fingerprint density at radius 3 is 0.810 bits per heavy atom. The van der Waals surface area contributed by atoms with Crippen molar-refractivity contribution < 1.29 is 34.2 Å². The molecule has 0 rings (SSSR count). The fourth-order valence-electron chi connectivity index (χ4n) is 7.10. The van der Waals surface area contributed by atoms with E-state index in [4.69, 9.17) is 0 Å². The molecule has 3 atom stereocenters. The van der Waals surface area contributed by atoms with Crippen LogP contribution in [-0.4, -0.2) is 62.4 Å². The zero-order valence-corrected chi connectivity index (χ0v) is 27.9. The number of carbonyl (C=O) groups is 3. The van der Waals surface area contributed by atoms with Crippen molar-refractivity contribution in [2.75, 3.05) is 6.54 Å². The number of carboxylic acid groups (broad SMARTS) is 3. The molecule has 0 aliphatic heterocycles. The molecular weight excluding hydrogens is 530 g/mol. The Morgan fingerprint density at radius 1 is 0.405 bits per heavy atom. The van der Waals surface area contributed by atoms with Gasteiger partial charge in [-0.25, -0.2) is 14.4 Å². The Bertz CT molecular complexity index is 642. The molecule has 0 heterocycles. The zero-order chi connectivity index (χ0) is 31.6. The standard InChI is InChI=1S/C35H67NO6/c1-5-9-10-11-12-13-14-15-16-17-18-19-20-21-22-23-24-25-26-27-28-29-36(30(6-2)33(37)38,31(7-3)34(39)40)32(8-4)35(41)42/h30-32H,5-29H2,1-4H3,(H2-,37,38,39,40,41,42)/p+1. The van der Waals surface area contributed by atoms with E-state index in [1.807, 2.05) is 0 Å². The average Bonchev–Trinajstić information content (AvgIpc) is 2.94. The number of aliphatic carboxylic acids is 3. The molecule has 248 valence electrons. The Hall–Kier alpha value is -1.63. The molecule has 0 aromatic rings. The van der Waals surface area contributed by atoms with Gasteiger partial charge in [-0.2, -0.15) is 0 Å². The maximum absolute atomic E-state index is 12.3. The first-order valence-electron chi connectivity index (χ1n) is 17.8. The van der Waals surface area contributed by atoms with Crippen LogP contribution in [0.2, 0.25) is 0 Å². The van der Waals surface area contributed by atoms with Crippen LogP contribution >= 0.6 is 0 Å². The number of nitrogens with zero attached hydrogens (tertiary/aromatic N) is 1. The number of hydrogen-bond acceptors (Lipinski definition) is 3. The molecule has 0 aliphatic rings. The van der Waals surface area contributed by atoms with Gasteiger partial charge in [-0.3, -0.25) is 4.48 Å². The summed E-state index contributed by atoms with van der Waals surface area (Å²) in [5.41, 5.74) is 0. The molecule has 42 heavy (non-hydrogen) atoms. The maximum Gasteiger partial charge on any atom is 0.362 e. The summed E-state index contributed by atoms with van der Waals surface area (Å²) >= 11 is 0. The van der Waals surface area contributed by atoms with Crippen molar-refractivity contribution in [2.24, 2.45) is 0 Å². The summed E-state index contributed by atoms with van der Waals surface area (Å²) in [4.78, 5) is 36.8. The molecule has 0 saturated heterocycles. The highest BCUT2D eigenvalue weighted by molar-refractivity contribution is 5.78. The van der Waals surface area contributed by atoms with Crippen LogP contribution in [0, 0.1) is 0 Å². The van der Waals surface area contributed by atoms with Crippen molar-refractivity contribution >= 4 is 17.9 Å². The summed E-state index contributed by atoms with van der Waals surface area (Å²) in [5.74, 6) is -3.33. The van der Waals surface area contributed by atoms with Gasteiger partial charge < -0.3 is 15.3 Å². The first-order valence-corrected chi connectivity index (χ1v) is 17.8. The Balaban J connectivity index is 4.30. The normalized spacial score (nSPS) is 15.1. The molecule has 0 fully saturated rings. The second-order valence-corrected chi connectivity index (χ2v) is 12.6. The highest BCUT2D eigenvalue weighted by atomic mass is 16.4. The lowest BCUT2D eigenvalue weighted by atomic mass is 9.93. The van der Waals surface area contributed by atoms with Gasteiger partial charge in [-0.05, 0) is 12.8 Å². The van der Waals surface area contributed by atoms with Crippen molar-refractivity contribution in [3.63, 3.8) is 0 Å². The topological polar surface area (TPSA) is 112 Å². The van der Waals surface area contributed by atoms with Gasteiger partial charge in [0.15, 0.2) is 18.1 Å². The molecule has 0 radical (unpaired) electrons. The molecule has 0 spiro atoms. The Labute approximate surface area is 258 Å². The molecule has 7 nitrogen and oxygen atoms in total. The third-order valence-electron chi connectivity index (χ3n) is 9.41. The Kier molecular flexibility index (Phi) is 24.8. The fraction of sp³-hybridized carbons (Fsp3) is 0.914. The number of rotatable bonds is 31. The number of quaternary nitrogens is 1. The molecule has 0 amide bonds. The van der Waals surface area contributed by atoms with Crippen LogP contribution in [0.25, 0.3) is 0 Å². The van der Waals surface area contributed by atoms with Gasteiger partial charge in [-0.15, -0.1) is 0 Å². The van der Waals surface area contributed by atoms with Crippen molar-refractivity contribution in [3.05, 3.63) is 0 Å². The maximum atomic E-state index is 12.3. The highest BCUT2D eigenvalue weighted by Crippen LogP contribution is 2.32. The summed E-state index contributed by atoms with van der Waals surface area (Å²) in [6.07, 6.45) is 27.3. The van der Waals surface area contributed by atoms with Crippen LogP contribution in [0.5, 0.6) is 0 Å². The molecule has 0 aliphatic carbocycles. The van der Waals surface area contributed by atoms with E-state index in [1.165, 1.54) is 109 Å². The van der Waals surface area contributed by atoms with E-state index < -0.39 is 40.5 Å². The van der Waals surface area contributed by atoms with Crippen molar-refractivity contribution in [1.29, 1.82) is 0 Å². The van der Waals surface area contributed by atoms with Gasteiger partial charge in [0.05, 0.1) is 6.54 Å². The lowest BCUT2D eigenvalue weighted by Gasteiger charge is -2.49. The predicted molar refractivity (Wildman–Crippen MR) is 173 cm³/mol. The van der Waals surface area contributed by atoms with Crippen LogP contribution in [0.15, 0.2) is 0 Å². The summed E-state index contributed by atoms with van der Waals surface area (Å²) in [6, 6.07) is -3.17. The third-order valence-corrected chi connectivity index (χ3v) is 9.41. The summed E-state index contributed by atoms with van der Waals surface area (Å²) < 4.78 is -0.400. The van der Waals surface area contributed by atoms with Gasteiger partial charge in [0, 0.05) is 19.3 Å². The SMILES string of the molecule is CCCCCCCCCCCCCCCCCCCCCCC[N+](C(CC)C(=O)O)(C(CC)C(=O)O)C(CC)C(=O)O. The van der Waals surface area contributed by atoms with Crippen molar-refractivity contribution in [1.82, 2.24) is 0 Å². The first-order chi connectivity index (χ1) is 20.2. The number of hydrogen-bond donors (Lipinski definition) is 3. The fourth-order valence-corrected chi connectivity index (χ4v) is 7.10. The summed E-state index contributed by atoms with van der Waals surface area (Å²) in [6.45, 7) is 7.68. The molecule has 0 aromatic heterocycles. The van der Waals surface area contributed by atoms with Crippen LogP contribution in [0.4, 0.5) is 0 Å². The third kappa shape index (κ3) is 15.7. The van der Waals surface area contributed by atoms with Gasteiger partial charge in [0.25, 0.3) is 0 Å². The second kappa shape index (κ2) is 25.8. The molecule has 3 unspecified atom stereocenters. The molecule has 0 saturated carbocycles. The highest BCUT2D eigenvalue weighted by Gasteiger charge is 2.55. The number of carboxylic acids is 3. The predicted octanol–water partition coefficient (Wildman–Crippen LogP) is 9.60. The van der Waals surface area contributed by atoms with Gasteiger partial charge in [0.1, 0.15) is 0 Å². The van der Waals surface area contributed by atoms with Crippen molar-refractivity contribution in [2.45, 2.75) is 200 Å². The number of unbranched alkanes of at least 4 members (excludes halogenated alkanes) is 20. The minimum atomic E-state index is -1.11. The lowest BCUT2D eigenvalue weighted by molar-refractivity contribution is -0.973. The largest absolute Gasteiger partial charge is 0.477 e. The quantitative estimate of drug-likeness (QED) is 0.0541. The van der Waals surface area contributed by atoms with E-state index in [-0.39, 0.29) is 25.8 Å². The van der Waals surface area contributed by atoms with Crippen LogP contribution in [-0.2, 0) is 14.4 Å². The van der Waals surface area contributed by atoms with E-state index in [0.717, 1.165) is 19.3 Å². The minimum Gasteiger partial charge on any atom is -0.477 e. The summed E-state index contributed by atoms with van der Waals surface area (Å²) in [7, 11) is 0. The smallest absolute Gasteiger partial charge is 0.362 e. The molecule has 0 aromatic carbocycles. The van der Waals surface area contributed by atoms with Crippen LogP contribution < -0.4 is 0 Å². The van der Waals surface area contributed by atoms with E-state index in [9.17, 15) is 29.7 Å². The molecule has 7 heteroatoms.